The van der Waals surface area contributed by atoms with Crippen LogP contribution in [-0.4, -0.2) is 49.7 Å². The van der Waals surface area contributed by atoms with Crippen molar-refractivity contribution in [1.82, 2.24) is 9.88 Å². The van der Waals surface area contributed by atoms with Crippen molar-refractivity contribution in [3.8, 4) is 5.75 Å². The summed E-state index contributed by atoms with van der Waals surface area (Å²) in [5.41, 5.74) is 0.999. The largest absolute Gasteiger partial charge is 0.508 e. The van der Waals surface area contributed by atoms with Crippen molar-refractivity contribution in [2.24, 2.45) is 29.6 Å². The standard InChI is InChI=1S/C23H22N2O6S2/c26-10-5-3-9(4-6-10)14-15-11-8-12(18(15)32-20-19(14)33-23(31)24-20)17-16(11)21(29)25(22(17)30)7-1-2-13(27)28/h3-6,11-12,14-18,26H,1-2,7-8H2,(H,24,31)(H,27,28)/t11-,12+,14-,15+,16+,17+,18+/m0/s1. The molecular weight excluding hydrogens is 464 g/mol. The second-order valence-corrected chi connectivity index (χ2v) is 11.6. The number of aromatic amines is 1. The predicted molar refractivity (Wildman–Crippen MR) is 120 cm³/mol. The third kappa shape index (κ3) is 3.03. The van der Waals surface area contributed by atoms with Crippen molar-refractivity contribution >= 4 is 40.9 Å². The van der Waals surface area contributed by atoms with Crippen LogP contribution >= 0.6 is 23.1 Å². The number of nitrogens with zero attached hydrogens (tertiary/aromatic N) is 1. The van der Waals surface area contributed by atoms with Gasteiger partial charge in [-0.2, -0.15) is 0 Å². The lowest BCUT2D eigenvalue weighted by Crippen LogP contribution is -2.42. The number of carbonyl (C=O) groups excluding carboxylic acids is 2. The van der Waals surface area contributed by atoms with Gasteiger partial charge in [0.05, 0.1) is 16.9 Å². The number of carboxylic acid groups (broad SMARTS) is 1. The molecule has 172 valence electrons. The molecule has 8 nitrogen and oxygen atoms in total. The summed E-state index contributed by atoms with van der Waals surface area (Å²) in [6.45, 7) is 0.154. The Morgan fingerprint density at radius 2 is 1.79 bits per heavy atom. The number of aromatic hydroxyl groups is 1. The molecule has 3 fully saturated rings. The van der Waals surface area contributed by atoms with Crippen LogP contribution < -0.4 is 4.87 Å². The highest BCUT2D eigenvalue weighted by Gasteiger charge is 2.69. The third-order valence-corrected chi connectivity index (χ3v) is 10.4. The smallest absolute Gasteiger partial charge is 0.305 e. The van der Waals surface area contributed by atoms with Crippen LogP contribution in [0.15, 0.2) is 34.1 Å². The maximum absolute atomic E-state index is 13.3. The van der Waals surface area contributed by atoms with Gasteiger partial charge in [-0.05, 0) is 48.3 Å². The van der Waals surface area contributed by atoms with Crippen LogP contribution in [-0.2, 0) is 14.4 Å². The van der Waals surface area contributed by atoms with E-state index in [4.69, 9.17) is 5.11 Å². The number of nitrogens with one attached hydrogen (secondary N) is 1. The lowest BCUT2D eigenvalue weighted by Gasteiger charge is -2.43. The Morgan fingerprint density at radius 3 is 2.48 bits per heavy atom. The van der Waals surface area contributed by atoms with Crippen LogP contribution in [0.4, 0.5) is 0 Å². The van der Waals surface area contributed by atoms with E-state index in [9.17, 15) is 24.3 Å². The van der Waals surface area contributed by atoms with E-state index < -0.39 is 5.97 Å². The van der Waals surface area contributed by atoms with E-state index in [-0.39, 0.29) is 82.6 Å². The molecule has 6 rings (SSSR count). The summed E-state index contributed by atoms with van der Waals surface area (Å²) in [6, 6.07) is 7.05. The highest BCUT2D eigenvalue weighted by atomic mass is 32.2. The van der Waals surface area contributed by atoms with Crippen molar-refractivity contribution in [2.75, 3.05) is 6.54 Å². The predicted octanol–water partition coefficient (Wildman–Crippen LogP) is 2.48. The van der Waals surface area contributed by atoms with Gasteiger partial charge >= 0.3 is 10.8 Å². The maximum Gasteiger partial charge on any atom is 0.305 e. The van der Waals surface area contributed by atoms with E-state index in [1.54, 1.807) is 23.9 Å². The number of H-pyrrole nitrogens is 1. The number of carbonyl (C=O) groups is 3. The number of hydrogen-bond donors (Lipinski definition) is 3. The molecule has 1 saturated heterocycles. The van der Waals surface area contributed by atoms with Gasteiger partial charge in [0.2, 0.25) is 11.8 Å². The molecule has 4 aliphatic rings. The van der Waals surface area contributed by atoms with Gasteiger partial charge in [-0.15, -0.1) is 11.8 Å². The van der Waals surface area contributed by atoms with E-state index >= 15 is 0 Å². The Hall–Kier alpha value is -2.59. The summed E-state index contributed by atoms with van der Waals surface area (Å²) in [4.78, 5) is 54.8. The Bertz CT molecular complexity index is 1220. The number of likely N-dealkylation sites (tertiary alicyclic amines) is 1. The average molecular weight is 487 g/mol. The second kappa shape index (κ2) is 7.46. The van der Waals surface area contributed by atoms with Crippen LogP contribution in [0.25, 0.3) is 0 Å². The first-order chi connectivity index (χ1) is 15.8. The van der Waals surface area contributed by atoms with E-state index in [1.807, 2.05) is 12.1 Å². The summed E-state index contributed by atoms with van der Waals surface area (Å²) in [5, 5.41) is 19.7. The molecule has 3 heterocycles. The minimum atomic E-state index is -0.936. The summed E-state index contributed by atoms with van der Waals surface area (Å²) in [6.07, 6.45) is 1.00. The number of fused-ring (bicyclic) bond motifs is 9. The topological polar surface area (TPSA) is 128 Å². The number of imide groups is 1. The zero-order valence-corrected chi connectivity index (χ0v) is 19.1. The molecule has 2 aliphatic heterocycles. The highest BCUT2D eigenvalue weighted by Crippen LogP contribution is 2.68. The summed E-state index contributed by atoms with van der Waals surface area (Å²) in [7, 11) is 0. The Labute approximate surface area is 197 Å². The molecule has 7 atom stereocenters. The molecule has 2 aromatic rings. The maximum atomic E-state index is 13.3. The van der Waals surface area contributed by atoms with Crippen molar-refractivity contribution in [3.63, 3.8) is 0 Å². The van der Waals surface area contributed by atoms with Crippen LogP contribution in [0.2, 0.25) is 0 Å². The molecular formula is C23H22N2O6S2. The van der Waals surface area contributed by atoms with Crippen molar-refractivity contribution < 1.29 is 24.6 Å². The minimum Gasteiger partial charge on any atom is -0.508 e. The first-order valence-electron chi connectivity index (χ1n) is 11.1. The summed E-state index contributed by atoms with van der Waals surface area (Å²) < 4.78 is 0. The van der Waals surface area contributed by atoms with Crippen LogP contribution in [0.3, 0.4) is 0 Å². The van der Waals surface area contributed by atoms with Gasteiger partial charge in [0.1, 0.15) is 5.75 Å². The van der Waals surface area contributed by atoms with Gasteiger partial charge < -0.3 is 15.2 Å². The van der Waals surface area contributed by atoms with Crippen molar-refractivity contribution in [2.45, 2.75) is 35.5 Å². The number of hydrogen-bond acceptors (Lipinski definition) is 7. The molecule has 2 aliphatic carbocycles. The minimum absolute atomic E-state index is 0.0302. The molecule has 0 spiro atoms. The van der Waals surface area contributed by atoms with Crippen LogP contribution in [0.1, 0.15) is 35.6 Å². The molecule has 0 radical (unpaired) electrons. The molecule has 2 bridgehead atoms. The lowest BCUT2D eigenvalue weighted by molar-refractivity contribution is -0.142. The average Bonchev–Trinajstić information content (AvgIpc) is 3.49. The second-order valence-electron chi connectivity index (χ2n) is 9.38. The number of aliphatic carboxylic acids is 1. The fourth-order valence-corrected chi connectivity index (χ4v) is 9.63. The number of thiazole rings is 1. The summed E-state index contributed by atoms with van der Waals surface area (Å²) >= 11 is 2.84. The van der Waals surface area contributed by atoms with E-state index in [0.717, 1.165) is 21.9 Å². The number of benzene rings is 1. The third-order valence-electron chi connectivity index (χ3n) is 7.84. The van der Waals surface area contributed by atoms with E-state index in [0.29, 0.717) is 0 Å². The number of phenolic OH excluding ortho intramolecular Hbond substituents is 1. The Morgan fingerprint density at radius 1 is 1.09 bits per heavy atom. The fourth-order valence-electron chi connectivity index (χ4n) is 6.74. The van der Waals surface area contributed by atoms with E-state index in [1.165, 1.54) is 16.2 Å². The SMILES string of the molecule is O=C(O)CCCN1C(=O)[C@@H]2[C@H]3C[C@@H]([C@H]4Sc5[nH]c(=O)sc5[C@@H](c5ccc(O)cc5)[C@@H]34)[C@H]2C1=O. The van der Waals surface area contributed by atoms with Crippen molar-refractivity contribution in [3.05, 3.63) is 44.4 Å². The molecule has 1 aromatic heterocycles. The van der Waals surface area contributed by atoms with E-state index in [2.05, 4.69) is 4.98 Å². The van der Waals surface area contributed by atoms with Gasteiger partial charge in [0.25, 0.3) is 0 Å². The molecule has 10 heteroatoms. The van der Waals surface area contributed by atoms with Gasteiger partial charge in [-0.1, -0.05) is 23.5 Å². The number of amides is 2. The quantitative estimate of drug-likeness (QED) is 0.554. The Kier molecular flexibility index (Phi) is 4.74. The number of phenols is 1. The van der Waals surface area contributed by atoms with Crippen molar-refractivity contribution in [1.29, 1.82) is 0 Å². The van der Waals surface area contributed by atoms with Gasteiger partial charge in [0, 0.05) is 29.0 Å². The monoisotopic (exact) mass is 486 g/mol. The number of aromatic nitrogens is 1. The fraction of sp³-hybridized carbons (Fsp3) is 0.478. The molecule has 2 saturated carbocycles. The van der Waals surface area contributed by atoms with Crippen LogP contribution in [0, 0.1) is 29.6 Å². The lowest BCUT2D eigenvalue weighted by atomic mass is 9.68. The molecule has 1 aromatic carbocycles. The van der Waals surface area contributed by atoms with Gasteiger partial charge in [0.15, 0.2) is 0 Å². The molecule has 2 amide bonds. The normalized spacial score (nSPS) is 33.8. The number of thioether (sulfide) groups is 1. The first kappa shape index (κ1) is 21.0. The van der Waals surface area contributed by atoms with Crippen LogP contribution in [0.5, 0.6) is 5.75 Å². The highest BCUT2D eigenvalue weighted by molar-refractivity contribution is 8.00. The number of rotatable bonds is 5. The zero-order valence-electron chi connectivity index (χ0n) is 17.5. The molecule has 3 N–H and O–H groups in total. The summed E-state index contributed by atoms with van der Waals surface area (Å²) in [5.74, 6) is -1.69. The first-order valence-corrected chi connectivity index (χ1v) is 12.8. The number of carboxylic acids is 1. The molecule has 0 unspecified atom stereocenters. The van der Waals surface area contributed by atoms with Gasteiger partial charge in [-0.3, -0.25) is 24.1 Å². The zero-order chi connectivity index (χ0) is 23.0. The van der Waals surface area contributed by atoms with Gasteiger partial charge in [-0.25, -0.2) is 0 Å². The molecule has 33 heavy (non-hydrogen) atoms. The Balaban J connectivity index is 1.37.